The van der Waals surface area contributed by atoms with Crippen LogP contribution in [0.1, 0.15) is 17.2 Å². The highest BCUT2D eigenvalue weighted by molar-refractivity contribution is 5.22. The lowest BCUT2D eigenvalue weighted by molar-refractivity contribution is 0.623. The molecule has 0 aliphatic heterocycles. The Bertz CT molecular complexity index is 482. The summed E-state index contributed by atoms with van der Waals surface area (Å²) in [6.07, 6.45) is 3.95. The molecule has 1 N–H and O–H groups in total. The molecule has 0 saturated heterocycles. The summed E-state index contributed by atoms with van der Waals surface area (Å²) in [7, 11) is 0. The zero-order valence-electron chi connectivity index (χ0n) is 9.18. The molecule has 0 spiro atoms. The van der Waals surface area contributed by atoms with Gasteiger partial charge < -0.3 is 0 Å². The van der Waals surface area contributed by atoms with Crippen LogP contribution in [-0.4, -0.2) is 4.98 Å². The van der Waals surface area contributed by atoms with Crippen molar-refractivity contribution in [2.75, 3.05) is 0 Å². The molecule has 2 aromatic rings. The summed E-state index contributed by atoms with van der Waals surface area (Å²) in [5.74, 6) is -0.253. The van der Waals surface area contributed by atoms with Crippen molar-refractivity contribution >= 4 is 0 Å². The van der Waals surface area contributed by atoms with E-state index >= 15 is 0 Å². The molecule has 1 atom stereocenters. The van der Waals surface area contributed by atoms with E-state index in [9.17, 15) is 4.39 Å². The normalized spacial score (nSPS) is 12.1. The maximum absolute atomic E-state index is 12.8. The first-order valence-corrected chi connectivity index (χ1v) is 5.30. The lowest BCUT2D eigenvalue weighted by atomic mass is 10.0. The standard InChI is InChI=1S/C13H12FN3/c14-12-3-1-10(2-4-12)9-13(17-15)11-5-7-16-8-6-11/h1-8,13,15H,9H2/t13-/m1/s1. The number of benzene rings is 1. The second-order valence-corrected chi connectivity index (χ2v) is 3.76. The molecular weight excluding hydrogens is 217 g/mol. The van der Waals surface area contributed by atoms with E-state index < -0.39 is 0 Å². The predicted octanol–water partition coefficient (Wildman–Crippen LogP) is 3.54. The molecule has 0 radical (unpaired) electrons. The van der Waals surface area contributed by atoms with Crippen LogP contribution in [0.2, 0.25) is 0 Å². The summed E-state index contributed by atoms with van der Waals surface area (Å²) in [6, 6.07) is 9.72. The van der Waals surface area contributed by atoms with Crippen LogP contribution in [0.5, 0.6) is 0 Å². The highest BCUT2D eigenvalue weighted by Gasteiger charge is 2.10. The predicted molar refractivity (Wildman–Crippen MR) is 62.2 cm³/mol. The third kappa shape index (κ3) is 2.93. The minimum Gasteiger partial charge on any atom is -0.265 e. The SMILES string of the molecule is N=N[C@H](Cc1ccc(F)cc1)c1ccncc1. The molecule has 0 saturated carbocycles. The third-order valence-electron chi connectivity index (χ3n) is 2.59. The molecule has 0 bridgehead atoms. The highest BCUT2D eigenvalue weighted by Crippen LogP contribution is 2.21. The highest BCUT2D eigenvalue weighted by atomic mass is 19.1. The van der Waals surface area contributed by atoms with E-state index in [-0.39, 0.29) is 11.9 Å². The largest absolute Gasteiger partial charge is 0.265 e. The van der Waals surface area contributed by atoms with Gasteiger partial charge in [-0.2, -0.15) is 5.11 Å². The van der Waals surface area contributed by atoms with Crippen molar-refractivity contribution in [1.29, 1.82) is 5.53 Å². The van der Waals surface area contributed by atoms with E-state index in [1.807, 2.05) is 12.1 Å². The maximum Gasteiger partial charge on any atom is 0.123 e. The van der Waals surface area contributed by atoms with Crippen molar-refractivity contribution in [3.63, 3.8) is 0 Å². The Morgan fingerprint density at radius 2 is 1.76 bits per heavy atom. The van der Waals surface area contributed by atoms with Crippen molar-refractivity contribution < 1.29 is 4.39 Å². The number of pyridine rings is 1. The molecule has 17 heavy (non-hydrogen) atoms. The first-order valence-electron chi connectivity index (χ1n) is 5.30. The zero-order valence-corrected chi connectivity index (χ0v) is 9.18. The number of rotatable bonds is 4. The molecule has 3 nitrogen and oxygen atoms in total. The minimum atomic E-state index is -0.253. The Balaban J connectivity index is 2.16. The van der Waals surface area contributed by atoms with E-state index in [0.29, 0.717) is 6.42 Å². The fourth-order valence-electron chi connectivity index (χ4n) is 1.67. The Labute approximate surface area is 98.8 Å². The maximum atomic E-state index is 12.8. The van der Waals surface area contributed by atoms with Crippen LogP contribution in [0.4, 0.5) is 4.39 Å². The molecule has 0 aliphatic rings. The molecule has 4 heteroatoms. The molecule has 1 aromatic carbocycles. The van der Waals surface area contributed by atoms with Crippen molar-refractivity contribution in [1.82, 2.24) is 4.98 Å². The van der Waals surface area contributed by atoms with Gasteiger partial charge in [-0.3, -0.25) is 4.98 Å². The van der Waals surface area contributed by atoms with Gasteiger partial charge in [0, 0.05) is 18.8 Å². The molecule has 1 heterocycles. The molecule has 0 unspecified atom stereocenters. The number of hydrogen-bond donors (Lipinski definition) is 1. The van der Waals surface area contributed by atoms with E-state index in [1.54, 1.807) is 24.5 Å². The van der Waals surface area contributed by atoms with Crippen LogP contribution in [-0.2, 0) is 6.42 Å². The Hall–Kier alpha value is -2.10. The summed E-state index contributed by atoms with van der Waals surface area (Å²) >= 11 is 0. The fraction of sp³-hybridized carbons (Fsp3) is 0.154. The van der Waals surface area contributed by atoms with Gasteiger partial charge in [0.15, 0.2) is 0 Å². The molecule has 0 aliphatic carbocycles. The number of aromatic nitrogens is 1. The van der Waals surface area contributed by atoms with Gasteiger partial charge in [0.25, 0.3) is 0 Å². The smallest absolute Gasteiger partial charge is 0.123 e. The van der Waals surface area contributed by atoms with Crippen LogP contribution in [0, 0.1) is 11.3 Å². The first kappa shape index (κ1) is 11.4. The third-order valence-corrected chi connectivity index (χ3v) is 2.59. The summed E-state index contributed by atoms with van der Waals surface area (Å²) in [5, 5.41) is 3.60. The molecule has 86 valence electrons. The quantitative estimate of drug-likeness (QED) is 0.801. The van der Waals surface area contributed by atoms with E-state index in [4.69, 9.17) is 5.53 Å². The molecule has 2 rings (SSSR count). The van der Waals surface area contributed by atoms with Gasteiger partial charge in [0.2, 0.25) is 0 Å². The molecule has 1 aromatic heterocycles. The van der Waals surface area contributed by atoms with Gasteiger partial charge in [-0.25, -0.2) is 9.92 Å². The Morgan fingerprint density at radius 3 is 2.35 bits per heavy atom. The summed E-state index contributed by atoms with van der Waals surface area (Å²) in [5.41, 5.74) is 9.13. The Morgan fingerprint density at radius 1 is 1.12 bits per heavy atom. The topological polar surface area (TPSA) is 49.1 Å². The van der Waals surface area contributed by atoms with Gasteiger partial charge >= 0.3 is 0 Å². The van der Waals surface area contributed by atoms with E-state index in [2.05, 4.69) is 10.1 Å². The van der Waals surface area contributed by atoms with E-state index in [1.165, 1.54) is 12.1 Å². The van der Waals surface area contributed by atoms with Crippen LogP contribution in [0.15, 0.2) is 53.9 Å². The van der Waals surface area contributed by atoms with Crippen molar-refractivity contribution in [3.8, 4) is 0 Å². The molecule has 0 fully saturated rings. The number of hydrogen-bond acceptors (Lipinski definition) is 3. The van der Waals surface area contributed by atoms with Gasteiger partial charge in [0.1, 0.15) is 5.82 Å². The Kier molecular flexibility index (Phi) is 3.55. The minimum absolute atomic E-state index is 0.233. The second-order valence-electron chi connectivity index (χ2n) is 3.76. The van der Waals surface area contributed by atoms with Gasteiger partial charge in [0.05, 0.1) is 6.04 Å². The van der Waals surface area contributed by atoms with Gasteiger partial charge in [-0.15, -0.1) is 0 Å². The van der Waals surface area contributed by atoms with Crippen LogP contribution in [0.25, 0.3) is 0 Å². The van der Waals surface area contributed by atoms with Crippen LogP contribution in [0.3, 0.4) is 0 Å². The number of nitrogens with one attached hydrogen (secondary N) is 1. The van der Waals surface area contributed by atoms with Gasteiger partial charge in [-0.05, 0) is 35.4 Å². The van der Waals surface area contributed by atoms with Crippen molar-refractivity contribution in [3.05, 3.63) is 65.7 Å². The van der Waals surface area contributed by atoms with Crippen LogP contribution < -0.4 is 0 Å². The lowest BCUT2D eigenvalue weighted by Gasteiger charge is -2.10. The average molecular weight is 229 g/mol. The van der Waals surface area contributed by atoms with Crippen molar-refractivity contribution in [2.24, 2.45) is 5.11 Å². The summed E-state index contributed by atoms with van der Waals surface area (Å²) < 4.78 is 12.8. The monoisotopic (exact) mass is 229 g/mol. The zero-order chi connectivity index (χ0) is 12.1. The average Bonchev–Trinajstić information content (AvgIpc) is 2.39. The fourth-order valence-corrected chi connectivity index (χ4v) is 1.67. The summed E-state index contributed by atoms with van der Waals surface area (Å²) in [4.78, 5) is 3.93. The molecule has 0 amide bonds. The number of nitrogens with zero attached hydrogens (tertiary/aromatic N) is 2. The summed E-state index contributed by atoms with van der Waals surface area (Å²) in [6.45, 7) is 0. The van der Waals surface area contributed by atoms with E-state index in [0.717, 1.165) is 11.1 Å². The second kappa shape index (κ2) is 5.30. The lowest BCUT2D eigenvalue weighted by Crippen LogP contribution is -1.99. The molecular formula is C13H12FN3. The van der Waals surface area contributed by atoms with Crippen molar-refractivity contribution in [2.45, 2.75) is 12.5 Å². The first-order chi connectivity index (χ1) is 8.29. The van der Waals surface area contributed by atoms with Crippen LogP contribution >= 0.6 is 0 Å². The number of halogens is 1. The van der Waals surface area contributed by atoms with Gasteiger partial charge in [-0.1, -0.05) is 12.1 Å².